The van der Waals surface area contributed by atoms with E-state index in [1.54, 1.807) is 12.3 Å². The minimum Gasteiger partial charge on any atom is -0.463 e. The van der Waals surface area contributed by atoms with Gasteiger partial charge in [-0.2, -0.15) is 5.10 Å². The Morgan fingerprint density at radius 1 is 1.77 bits per heavy atom. The van der Waals surface area contributed by atoms with E-state index in [9.17, 15) is 0 Å². The van der Waals surface area contributed by atoms with E-state index in [0.29, 0.717) is 0 Å². The smallest absolute Gasteiger partial charge is 0.184 e. The summed E-state index contributed by atoms with van der Waals surface area (Å²) in [6.45, 7) is 1.97. The van der Waals surface area contributed by atoms with E-state index in [0.717, 1.165) is 17.9 Å². The zero-order chi connectivity index (χ0) is 9.68. The van der Waals surface area contributed by atoms with Crippen LogP contribution in [-0.4, -0.2) is 10.8 Å². The van der Waals surface area contributed by atoms with Crippen molar-refractivity contribution in [3.8, 4) is 0 Å². The highest BCUT2D eigenvalue weighted by atomic mass is 32.1. The molecule has 0 saturated carbocycles. The molecule has 1 rings (SSSR count). The molecule has 3 N–H and O–H groups in total. The van der Waals surface area contributed by atoms with Gasteiger partial charge in [0, 0.05) is 0 Å². The Bertz CT molecular complexity index is 305. The van der Waals surface area contributed by atoms with Crippen molar-refractivity contribution in [2.45, 2.75) is 13.3 Å². The summed E-state index contributed by atoms with van der Waals surface area (Å²) in [5.41, 5.74) is 8.54. The summed E-state index contributed by atoms with van der Waals surface area (Å²) in [5.74, 6) is 0.728. The van der Waals surface area contributed by atoms with Crippen LogP contribution in [0.2, 0.25) is 0 Å². The van der Waals surface area contributed by atoms with E-state index < -0.39 is 0 Å². The second-order valence-electron chi connectivity index (χ2n) is 2.37. The van der Waals surface area contributed by atoms with Gasteiger partial charge in [0.15, 0.2) is 5.11 Å². The maximum atomic E-state index is 5.23. The average molecular weight is 197 g/mol. The fourth-order valence-electron chi connectivity index (χ4n) is 0.874. The number of hydrazone groups is 1. The lowest BCUT2D eigenvalue weighted by Gasteiger charge is -2.00. The van der Waals surface area contributed by atoms with Gasteiger partial charge in [-0.15, -0.1) is 0 Å². The van der Waals surface area contributed by atoms with Crippen molar-refractivity contribution in [1.29, 1.82) is 0 Å². The largest absolute Gasteiger partial charge is 0.463 e. The van der Waals surface area contributed by atoms with E-state index in [1.807, 2.05) is 13.0 Å². The molecule has 0 saturated heterocycles. The van der Waals surface area contributed by atoms with Crippen molar-refractivity contribution in [1.82, 2.24) is 5.43 Å². The molecule has 0 unspecified atom stereocenters. The first-order chi connectivity index (χ1) is 6.24. The molecular weight excluding hydrogens is 186 g/mol. The monoisotopic (exact) mass is 197 g/mol. The third-order valence-corrected chi connectivity index (χ3v) is 1.53. The molecule has 1 aromatic rings. The first-order valence-electron chi connectivity index (χ1n) is 3.90. The van der Waals surface area contributed by atoms with Crippen molar-refractivity contribution >= 4 is 23.0 Å². The second-order valence-corrected chi connectivity index (χ2v) is 2.81. The van der Waals surface area contributed by atoms with Crippen molar-refractivity contribution in [2.75, 3.05) is 0 Å². The Balaban J connectivity index is 2.73. The zero-order valence-corrected chi connectivity index (χ0v) is 8.10. The number of nitrogens with zero attached hydrogens (tertiary/aromatic N) is 1. The summed E-state index contributed by atoms with van der Waals surface area (Å²) in [6.07, 6.45) is 2.35. The molecule has 0 aliphatic heterocycles. The minimum atomic E-state index is 0.150. The molecule has 0 fully saturated rings. The molecule has 0 atom stereocenters. The highest BCUT2D eigenvalue weighted by molar-refractivity contribution is 7.80. The number of hydrogen-bond donors (Lipinski definition) is 2. The molecule has 0 radical (unpaired) electrons. The molecule has 0 aliphatic carbocycles. The molecule has 1 heterocycles. The maximum Gasteiger partial charge on any atom is 0.184 e. The zero-order valence-electron chi connectivity index (χ0n) is 7.28. The van der Waals surface area contributed by atoms with Crippen LogP contribution in [0.15, 0.2) is 27.9 Å². The van der Waals surface area contributed by atoms with Crippen LogP contribution in [0.25, 0.3) is 0 Å². The topological polar surface area (TPSA) is 63.5 Å². The summed E-state index contributed by atoms with van der Waals surface area (Å²) in [4.78, 5) is 0. The van der Waals surface area contributed by atoms with Crippen LogP contribution < -0.4 is 11.2 Å². The normalized spacial score (nSPS) is 11.3. The van der Waals surface area contributed by atoms with Crippen molar-refractivity contribution in [2.24, 2.45) is 10.8 Å². The molecular formula is C8H11N3OS. The van der Waals surface area contributed by atoms with Crippen LogP contribution in [0.3, 0.4) is 0 Å². The molecule has 0 amide bonds. The van der Waals surface area contributed by atoms with Crippen molar-refractivity contribution in [3.63, 3.8) is 0 Å². The quantitative estimate of drug-likeness (QED) is 0.434. The molecule has 13 heavy (non-hydrogen) atoms. The lowest BCUT2D eigenvalue weighted by molar-refractivity contribution is 0.555. The molecule has 0 spiro atoms. The number of hydrogen-bond acceptors (Lipinski definition) is 3. The summed E-state index contributed by atoms with van der Waals surface area (Å²) >= 11 is 4.62. The van der Waals surface area contributed by atoms with E-state index in [4.69, 9.17) is 10.2 Å². The van der Waals surface area contributed by atoms with Gasteiger partial charge in [0.1, 0.15) is 11.5 Å². The summed E-state index contributed by atoms with van der Waals surface area (Å²) < 4.78 is 5.16. The predicted molar refractivity (Wildman–Crippen MR) is 55.5 cm³/mol. The summed E-state index contributed by atoms with van der Waals surface area (Å²) in [6, 6.07) is 3.64. The maximum absolute atomic E-state index is 5.23. The second kappa shape index (κ2) is 4.61. The number of thiocarbonyl (C=S) groups is 1. The average Bonchev–Trinajstić information content (AvgIpc) is 2.58. The lowest BCUT2D eigenvalue weighted by atomic mass is 10.2. The standard InChI is InChI=1S/C8H11N3OS/c1-2-6(10-11-8(9)13)7-4-3-5-12-7/h3-5H,2H2,1H3,(H3,9,11,13). The van der Waals surface area contributed by atoms with E-state index >= 15 is 0 Å². The molecule has 4 nitrogen and oxygen atoms in total. The highest BCUT2D eigenvalue weighted by Gasteiger charge is 2.03. The lowest BCUT2D eigenvalue weighted by Crippen LogP contribution is -2.25. The van der Waals surface area contributed by atoms with Crippen LogP contribution in [0.1, 0.15) is 19.1 Å². The molecule has 0 aliphatic rings. The Morgan fingerprint density at radius 2 is 2.54 bits per heavy atom. The van der Waals surface area contributed by atoms with E-state index in [-0.39, 0.29) is 5.11 Å². The highest BCUT2D eigenvalue weighted by Crippen LogP contribution is 2.04. The Hall–Kier alpha value is -1.36. The minimum absolute atomic E-state index is 0.150. The van der Waals surface area contributed by atoms with E-state index in [1.165, 1.54) is 0 Å². The number of rotatable bonds is 3. The molecule has 0 bridgehead atoms. The van der Waals surface area contributed by atoms with Crippen LogP contribution in [-0.2, 0) is 0 Å². The van der Waals surface area contributed by atoms with Gasteiger partial charge in [0.25, 0.3) is 0 Å². The number of furan rings is 1. The number of nitrogens with one attached hydrogen (secondary N) is 1. The van der Waals surface area contributed by atoms with Crippen molar-refractivity contribution < 1.29 is 4.42 Å². The van der Waals surface area contributed by atoms with Gasteiger partial charge in [-0.1, -0.05) is 6.92 Å². The first kappa shape index (κ1) is 9.73. The third kappa shape index (κ3) is 2.87. The third-order valence-electron chi connectivity index (χ3n) is 1.44. The van der Waals surface area contributed by atoms with E-state index in [2.05, 4.69) is 22.7 Å². The van der Waals surface area contributed by atoms with Crippen molar-refractivity contribution in [3.05, 3.63) is 24.2 Å². The van der Waals surface area contributed by atoms with Gasteiger partial charge >= 0.3 is 0 Å². The Morgan fingerprint density at radius 3 is 3.00 bits per heavy atom. The summed E-state index contributed by atoms with van der Waals surface area (Å²) in [7, 11) is 0. The SMILES string of the molecule is CCC(=NNC(N)=S)c1ccco1. The first-order valence-corrected chi connectivity index (χ1v) is 4.30. The van der Waals surface area contributed by atoms with Gasteiger partial charge in [-0.25, -0.2) is 0 Å². The van der Waals surface area contributed by atoms with Gasteiger partial charge < -0.3 is 10.2 Å². The molecule has 5 heteroatoms. The van der Waals surface area contributed by atoms with Crippen LogP contribution in [0.5, 0.6) is 0 Å². The van der Waals surface area contributed by atoms with Gasteiger partial charge in [0.2, 0.25) is 0 Å². The summed E-state index contributed by atoms with van der Waals surface area (Å²) in [5, 5.41) is 4.14. The van der Waals surface area contributed by atoms with Crippen LogP contribution >= 0.6 is 12.2 Å². The Kier molecular flexibility index (Phi) is 3.45. The predicted octanol–water partition coefficient (Wildman–Crippen LogP) is 1.23. The fourth-order valence-corrected chi connectivity index (χ4v) is 0.919. The van der Waals surface area contributed by atoms with Crippen LogP contribution in [0, 0.1) is 0 Å². The fraction of sp³-hybridized carbons (Fsp3) is 0.250. The van der Waals surface area contributed by atoms with Gasteiger partial charge in [-0.05, 0) is 30.8 Å². The van der Waals surface area contributed by atoms with Gasteiger partial charge in [-0.3, -0.25) is 5.43 Å². The van der Waals surface area contributed by atoms with Gasteiger partial charge in [0.05, 0.1) is 6.26 Å². The molecule has 0 aromatic carbocycles. The van der Waals surface area contributed by atoms with Crippen LogP contribution in [0.4, 0.5) is 0 Å². The number of nitrogens with two attached hydrogens (primary N) is 1. The molecule has 70 valence electrons. The Labute approximate surface area is 81.8 Å². The molecule has 1 aromatic heterocycles.